The van der Waals surface area contributed by atoms with Crippen molar-refractivity contribution in [2.75, 3.05) is 6.61 Å². The fourth-order valence-corrected chi connectivity index (χ4v) is 6.50. The maximum atomic E-state index is 13.7. The smallest absolute Gasteiger partial charge is 0.417 e. The highest BCUT2D eigenvalue weighted by atomic mass is 19.4. The normalized spacial score (nSPS) is 23.7. The number of hydrogen-bond donors (Lipinski definition) is 1. The molecule has 3 aliphatic rings. The lowest BCUT2D eigenvalue weighted by Gasteiger charge is -2.57. The first-order chi connectivity index (χ1) is 20.0. The molecule has 0 atom stereocenters. The maximum Gasteiger partial charge on any atom is 0.417 e. The number of halogens is 3. The largest absolute Gasteiger partial charge is 0.492 e. The van der Waals surface area contributed by atoms with Gasteiger partial charge >= 0.3 is 12.1 Å². The fraction of sp³-hybridized carbons (Fsp3) is 0.469. The van der Waals surface area contributed by atoms with E-state index in [1.807, 2.05) is 19.9 Å². The number of carboxylic acids is 1. The Morgan fingerprint density at radius 1 is 1.19 bits per heavy atom. The highest BCUT2D eigenvalue weighted by Gasteiger charge is 2.52. The van der Waals surface area contributed by atoms with Gasteiger partial charge in [0.15, 0.2) is 11.4 Å². The summed E-state index contributed by atoms with van der Waals surface area (Å²) in [5.74, 6) is 1.16. The number of rotatable bonds is 10. The zero-order chi connectivity index (χ0) is 29.6. The first kappa shape index (κ1) is 28.3. The summed E-state index contributed by atoms with van der Waals surface area (Å²) >= 11 is 0. The molecule has 3 fully saturated rings. The van der Waals surface area contributed by atoms with Gasteiger partial charge in [0, 0.05) is 23.1 Å². The van der Waals surface area contributed by atoms with E-state index in [1.54, 1.807) is 12.1 Å². The summed E-state index contributed by atoms with van der Waals surface area (Å²) in [5, 5.41) is 13.5. The van der Waals surface area contributed by atoms with Crippen molar-refractivity contribution in [3.63, 3.8) is 0 Å². The van der Waals surface area contributed by atoms with Crippen LogP contribution in [0.5, 0.6) is 11.5 Å². The van der Waals surface area contributed by atoms with Gasteiger partial charge in [-0.15, -0.1) is 0 Å². The molecule has 10 heteroatoms. The molecule has 0 amide bonds. The molecule has 222 valence electrons. The molecule has 0 saturated heterocycles. The van der Waals surface area contributed by atoms with Crippen LogP contribution in [0.2, 0.25) is 0 Å². The molecule has 3 aromatic rings. The molecule has 1 N–H and O–H groups in total. The van der Waals surface area contributed by atoms with E-state index in [-0.39, 0.29) is 40.1 Å². The molecular weight excluding hydrogens is 549 g/mol. The molecule has 3 aliphatic carbocycles. The zero-order valence-corrected chi connectivity index (χ0v) is 23.5. The van der Waals surface area contributed by atoms with E-state index in [0.29, 0.717) is 35.5 Å². The highest BCUT2D eigenvalue weighted by molar-refractivity contribution is 5.88. The standard InChI is InChI=1S/C32H33F3N2O5/c1-18(2)41-26-11-22(16-36-28(26)30(38)39)40-17-20-14-31(15-20)12-19(13-31)7-10-24-27(37-42-29(24)21-8-9-21)23-5-3-4-6-25(23)32(33,34)35/h3-7,10-11,16,18-21H,8-9,12-15,17H2,1-2H3,(H,38,39)/b10-7+. The molecule has 6 rings (SSSR count). The summed E-state index contributed by atoms with van der Waals surface area (Å²) < 4.78 is 58.3. The van der Waals surface area contributed by atoms with Crippen LogP contribution < -0.4 is 9.47 Å². The first-order valence-corrected chi connectivity index (χ1v) is 14.4. The molecule has 3 saturated carbocycles. The second-order valence-electron chi connectivity index (χ2n) is 12.2. The van der Waals surface area contributed by atoms with Gasteiger partial charge in [-0.05, 0) is 75.7 Å². The van der Waals surface area contributed by atoms with E-state index in [0.717, 1.165) is 44.6 Å². The van der Waals surface area contributed by atoms with E-state index in [9.17, 15) is 23.1 Å². The summed E-state index contributed by atoms with van der Waals surface area (Å²) in [7, 11) is 0. The summed E-state index contributed by atoms with van der Waals surface area (Å²) in [6, 6.07) is 7.10. The lowest BCUT2D eigenvalue weighted by atomic mass is 9.48. The minimum absolute atomic E-state index is 0.0444. The van der Waals surface area contributed by atoms with Crippen molar-refractivity contribution in [2.24, 2.45) is 17.3 Å². The summed E-state index contributed by atoms with van der Waals surface area (Å²) in [5.41, 5.74) is 0.391. The third-order valence-corrected chi connectivity index (χ3v) is 8.44. The van der Waals surface area contributed by atoms with E-state index < -0.39 is 17.7 Å². The van der Waals surface area contributed by atoms with Crippen LogP contribution in [0.15, 0.2) is 47.1 Å². The number of carboxylic acid groups (broad SMARTS) is 1. The van der Waals surface area contributed by atoms with Gasteiger partial charge in [0.1, 0.15) is 17.2 Å². The Kier molecular flexibility index (Phi) is 7.27. The number of benzene rings is 1. The predicted octanol–water partition coefficient (Wildman–Crippen LogP) is 8.02. The minimum Gasteiger partial charge on any atom is -0.492 e. The zero-order valence-electron chi connectivity index (χ0n) is 23.5. The Morgan fingerprint density at radius 3 is 2.60 bits per heavy atom. The number of ether oxygens (including phenoxy) is 2. The van der Waals surface area contributed by atoms with Crippen LogP contribution >= 0.6 is 0 Å². The van der Waals surface area contributed by atoms with Crippen molar-refractivity contribution >= 4 is 12.0 Å². The van der Waals surface area contributed by atoms with Crippen LogP contribution in [0.25, 0.3) is 17.3 Å². The van der Waals surface area contributed by atoms with E-state index in [2.05, 4.69) is 16.2 Å². The van der Waals surface area contributed by atoms with Crippen LogP contribution in [-0.2, 0) is 6.18 Å². The van der Waals surface area contributed by atoms with Crippen molar-refractivity contribution in [3.05, 3.63) is 65.2 Å². The third kappa shape index (κ3) is 5.76. The Balaban J connectivity index is 1.06. The van der Waals surface area contributed by atoms with Gasteiger partial charge in [0.05, 0.1) is 24.5 Å². The van der Waals surface area contributed by atoms with Gasteiger partial charge in [0.25, 0.3) is 0 Å². The lowest BCUT2D eigenvalue weighted by Crippen LogP contribution is -2.48. The van der Waals surface area contributed by atoms with E-state index in [1.165, 1.54) is 18.3 Å². The van der Waals surface area contributed by atoms with Gasteiger partial charge in [-0.2, -0.15) is 13.2 Å². The number of allylic oxidation sites excluding steroid dienone is 1. The monoisotopic (exact) mass is 582 g/mol. The Labute approximate surface area is 241 Å². The number of nitrogens with zero attached hydrogens (tertiary/aromatic N) is 2. The summed E-state index contributed by atoms with van der Waals surface area (Å²) in [6.07, 6.45) is 6.82. The quantitative estimate of drug-likeness (QED) is 0.259. The Morgan fingerprint density at radius 2 is 1.93 bits per heavy atom. The second-order valence-corrected chi connectivity index (χ2v) is 12.2. The summed E-state index contributed by atoms with van der Waals surface area (Å²) in [6.45, 7) is 4.15. The van der Waals surface area contributed by atoms with Crippen LogP contribution in [0, 0.1) is 17.3 Å². The molecule has 2 heterocycles. The molecule has 0 bridgehead atoms. The minimum atomic E-state index is -4.48. The van der Waals surface area contributed by atoms with Crippen LogP contribution in [0.4, 0.5) is 13.2 Å². The van der Waals surface area contributed by atoms with Crippen molar-refractivity contribution in [1.29, 1.82) is 0 Å². The van der Waals surface area contributed by atoms with Crippen LogP contribution in [0.3, 0.4) is 0 Å². The lowest BCUT2D eigenvalue weighted by molar-refractivity contribution is -0.137. The molecule has 42 heavy (non-hydrogen) atoms. The van der Waals surface area contributed by atoms with Crippen LogP contribution in [-0.4, -0.2) is 33.9 Å². The number of hydrogen-bond acceptors (Lipinski definition) is 6. The van der Waals surface area contributed by atoms with E-state index in [4.69, 9.17) is 14.0 Å². The van der Waals surface area contributed by atoms with Gasteiger partial charge in [0.2, 0.25) is 0 Å². The average Bonchev–Trinajstić information content (AvgIpc) is 3.64. The van der Waals surface area contributed by atoms with Crippen molar-refractivity contribution in [2.45, 2.75) is 70.6 Å². The molecule has 0 aliphatic heterocycles. The Hall–Kier alpha value is -3.82. The van der Waals surface area contributed by atoms with Crippen molar-refractivity contribution in [3.8, 4) is 22.8 Å². The Bertz CT molecular complexity index is 1490. The number of aromatic nitrogens is 2. The van der Waals surface area contributed by atoms with E-state index >= 15 is 0 Å². The topological polar surface area (TPSA) is 94.7 Å². The molecule has 7 nitrogen and oxygen atoms in total. The molecule has 2 aromatic heterocycles. The molecular formula is C32H33F3N2O5. The van der Waals surface area contributed by atoms with Crippen molar-refractivity contribution in [1.82, 2.24) is 10.1 Å². The van der Waals surface area contributed by atoms with Crippen LogP contribution in [0.1, 0.15) is 85.7 Å². The first-order valence-electron chi connectivity index (χ1n) is 14.4. The number of carbonyl (C=O) groups is 1. The summed E-state index contributed by atoms with van der Waals surface area (Å²) in [4.78, 5) is 15.4. The molecule has 0 unspecified atom stereocenters. The maximum absolute atomic E-state index is 13.7. The predicted molar refractivity (Wildman–Crippen MR) is 148 cm³/mol. The average molecular weight is 583 g/mol. The van der Waals surface area contributed by atoms with Gasteiger partial charge in [-0.25, -0.2) is 9.78 Å². The highest BCUT2D eigenvalue weighted by Crippen LogP contribution is 2.61. The second kappa shape index (κ2) is 10.8. The number of alkyl halides is 3. The van der Waals surface area contributed by atoms with Gasteiger partial charge in [-0.1, -0.05) is 35.5 Å². The molecule has 0 radical (unpaired) electrons. The SMILES string of the molecule is CC(C)Oc1cc(OCC2CC3(CC(/C=C/c4c(-c5ccccc5C(F)(F)F)noc4C4CC4)C3)C2)cnc1C(=O)O. The fourth-order valence-electron chi connectivity index (χ4n) is 6.50. The van der Waals surface area contributed by atoms with Crippen molar-refractivity contribution < 1.29 is 37.1 Å². The molecule has 1 spiro atoms. The number of pyridine rings is 1. The third-order valence-electron chi connectivity index (χ3n) is 8.44. The van der Waals surface area contributed by atoms with Gasteiger partial charge in [-0.3, -0.25) is 0 Å². The van der Waals surface area contributed by atoms with Gasteiger partial charge < -0.3 is 19.1 Å². The number of aromatic carboxylic acids is 1. The molecule has 1 aromatic carbocycles.